The lowest BCUT2D eigenvalue weighted by molar-refractivity contribution is -0.117. The number of nitrogens with zero attached hydrogens (tertiary/aromatic N) is 1. The second-order valence-corrected chi connectivity index (χ2v) is 8.89. The molecule has 1 saturated carbocycles. The molecule has 0 heterocycles. The number of nitrogens with two attached hydrogens (primary N) is 1. The number of benzene rings is 1. The van der Waals surface area contributed by atoms with E-state index in [1.54, 1.807) is 32.4 Å². The van der Waals surface area contributed by atoms with E-state index in [1.165, 1.54) is 0 Å². The number of amides is 2. The third-order valence-electron chi connectivity index (χ3n) is 5.29. The molecule has 0 radical (unpaired) electrons. The highest BCUT2D eigenvalue weighted by Gasteiger charge is 2.20. The minimum Gasteiger partial charge on any atom is -0.493 e. The second kappa shape index (κ2) is 15.0. The van der Waals surface area contributed by atoms with Crippen LogP contribution < -0.4 is 25.8 Å². The van der Waals surface area contributed by atoms with Crippen LogP contribution in [0.1, 0.15) is 58.4 Å². The van der Waals surface area contributed by atoms with Crippen LogP contribution >= 0.6 is 0 Å². The molecule has 1 aliphatic rings. The summed E-state index contributed by atoms with van der Waals surface area (Å²) in [5.74, 6) is 1.60. The summed E-state index contributed by atoms with van der Waals surface area (Å²) < 4.78 is 10.4. The summed E-state index contributed by atoms with van der Waals surface area (Å²) in [6, 6.07) is 5.55. The first kappa shape index (κ1) is 29.0. The van der Waals surface area contributed by atoms with Crippen molar-refractivity contribution in [1.82, 2.24) is 10.6 Å². The number of carbonyl (C=O) groups excluding carboxylic acids is 1. The molecule has 10 heteroatoms. The normalized spacial score (nSPS) is 18.9. The predicted molar refractivity (Wildman–Crippen MR) is 131 cm³/mol. The number of aliphatic hydroxyl groups is 1. The van der Waals surface area contributed by atoms with E-state index in [0.717, 1.165) is 24.8 Å². The zero-order valence-electron chi connectivity index (χ0n) is 20.8. The van der Waals surface area contributed by atoms with E-state index >= 15 is 0 Å². The van der Waals surface area contributed by atoms with Crippen LogP contribution in [0.3, 0.4) is 0 Å². The fourth-order valence-corrected chi connectivity index (χ4v) is 3.78. The Morgan fingerprint density at radius 2 is 1.74 bits per heavy atom. The van der Waals surface area contributed by atoms with Gasteiger partial charge in [-0.05, 0) is 62.6 Å². The lowest BCUT2D eigenvalue weighted by Gasteiger charge is -2.24. The number of hydrogen-bond donors (Lipinski definition) is 5. The number of guanidine groups is 1. The molecule has 1 fully saturated rings. The molecule has 34 heavy (non-hydrogen) atoms. The molecule has 0 unspecified atom stereocenters. The second-order valence-electron chi connectivity index (χ2n) is 8.89. The van der Waals surface area contributed by atoms with Crippen LogP contribution in [-0.2, 0) is 11.2 Å². The van der Waals surface area contributed by atoms with Gasteiger partial charge in [-0.25, -0.2) is 4.79 Å². The van der Waals surface area contributed by atoms with E-state index in [4.69, 9.17) is 25.4 Å². The molecule has 1 aliphatic carbocycles. The number of aliphatic imine (C=N–C) groups is 1. The molecular weight excluding hydrogens is 440 g/mol. The SMILES string of the molecule is COc1ccc(CC(=O)N=C(N)N[C@H](C)CC(C)C)cc1OC.O=C(O)N[C@H]1CC[C@@H](O)CC1. The van der Waals surface area contributed by atoms with Gasteiger partial charge in [0.1, 0.15) is 0 Å². The minimum atomic E-state index is -0.966. The van der Waals surface area contributed by atoms with Crippen molar-refractivity contribution in [2.24, 2.45) is 16.6 Å². The zero-order valence-corrected chi connectivity index (χ0v) is 20.8. The lowest BCUT2D eigenvalue weighted by Crippen LogP contribution is -2.39. The highest BCUT2D eigenvalue weighted by atomic mass is 16.5. The monoisotopic (exact) mass is 480 g/mol. The molecule has 2 amide bonds. The third kappa shape index (κ3) is 11.7. The summed E-state index contributed by atoms with van der Waals surface area (Å²) in [7, 11) is 3.12. The molecule has 0 aromatic heterocycles. The Kier molecular flexibility index (Phi) is 12.8. The van der Waals surface area contributed by atoms with Crippen LogP contribution in [-0.4, -0.2) is 60.6 Å². The Hall–Kier alpha value is -3.01. The lowest BCUT2D eigenvalue weighted by atomic mass is 9.93. The molecule has 192 valence electrons. The fraction of sp³-hybridized carbons (Fsp3) is 0.625. The van der Waals surface area contributed by atoms with Gasteiger partial charge in [-0.2, -0.15) is 4.99 Å². The van der Waals surface area contributed by atoms with Crippen LogP contribution in [0.2, 0.25) is 0 Å². The van der Waals surface area contributed by atoms with E-state index in [-0.39, 0.29) is 36.5 Å². The number of rotatable bonds is 8. The number of ether oxygens (including phenoxy) is 2. The molecular formula is C24H40N4O6. The van der Waals surface area contributed by atoms with Crippen LogP contribution in [0.15, 0.2) is 23.2 Å². The molecule has 0 spiro atoms. The molecule has 10 nitrogen and oxygen atoms in total. The van der Waals surface area contributed by atoms with Gasteiger partial charge in [0.2, 0.25) is 0 Å². The average Bonchev–Trinajstić information content (AvgIpc) is 2.74. The van der Waals surface area contributed by atoms with Gasteiger partial charge in [0.15, 0.2) is 17.5 Å². The number of nitrogens with one attached hydrogen (secondary N) is 2. The highest BCUT2D eigenvalue weighted by Crippen LogP contribution is 2.27. The molecule has 1 aromatic rings. The van der Waals surface area contributed by atoms with Crippen LogP contribution in [0.4, 0.5) is 4.79 Å². The molecule has 6 N–H and O–H groups in total. The standard InChI is InChI=1S/C17H27N3O3.C7H13NO3/c1-11(2)8-12(3)19-17(18)20-16(21)10-13-6-7-14(22-4)15(9-13)23-5;9-6-3-1-5(2-4-6)8-7(10)11/h6-7,9,11-12H,8,10H2,1-5H3,(H3,18,19,20,21);5-6,8-9H,1-4H2,(H,10,11)/t12-;5-,6+/m1./s1. The topological polar surface area (TPSA) is 155 Å². The maximum atomic E-state index is 12.0. The molecule has 2 rings (SSSR count). The maximum Gasteiger partial charge on any atom is 0.404 e. The van der Waals surface area contributed by atoms with Gasteiger partial charge in [-0.1, -0.05) is 19.9 Å². The Labute approximate surface area is 201 Å². The quantitative estimate of drug-likeness (QED) is 0.281. The van der Waals surface area contributed by atoms with Crippen molar-refractivity contribution in [1.29, 1.82) is 0 Å². The molecule has 1 aromatic carbocycles. The summed E-state index contributed by atoms with van der Waals surface area (Å²) in [5, 5.41) is 22.9. The Balaban J connectivity index is 0.000000437. The average molecular weight is 481 g/mol. The molecule has 0 saturated heterocycles. The van der Waals surface area contributed by atoms with Gasteiger partial charge in [-0.15, -0.1) is 0 Å². The molecule has 0 aliphatic heterocycles. The number of carbonyl (C=O) groups is 2. The summed E-state index contributed by atoms with van der Waals surface area (Å²) in [4.78, 5) is 26.1. The van der Waals surface area contributed by atoms with Gasteiger partial charge in [0.25, 0.3) is 5.91 Å². The van der Waals surface area contributed by atoms with Crippen molar-refractivity contribution in [2.45, 2.75) is 77.5 Å². The fourth-order valence-electron chi connectivity index (χ4n) is 3.78. The van der Waals surface area contributed by atoms with Crippen molar-refractivity contribution >= 4 is 18.0 Å². The number of carboxylic acid groups (broad SMARTS) is 1. The first-order valence-corrected chi connectivity index (χ1v) is 11.6. The smallest absolute Gasteiger partial charge is 0.404 e. The zero-order chi connectivity index (χ0) is 25.7. The van der Waals surface area contributed by atoms with Crippen molar-refractivity contribution in [3.8, 4) is 11.5 Å². The Bertz CT molecular complexity index is 807. The number of methoxy groups -OCH3 is 2. The van der Waals surface area contributed by atoms with Gasteiger partial charge >= 0.3 is 6.09 Å². The van der Waals surface area contributed by atoms with Gasteiger partial charge in [0, 0.05) is 12.1 Å². The van der Waals surface area contributed by atoms with E-state index in [0.29, 0.717) is 30.3 Å². The van der Waals surface area contributed by atoms with Gasteiger partial charge in [-0.3, -0.25) is 4.79 Å². The molecule has 1 atom stereocenters. The Morgan fingerprint density at radius 1 is 1.12 bits per heavy atom. The van der Waals surface area contributed by atoms with Gasteiger partial charge in [0.05, 0.1) is 26.7 Å². The van der Waals surface area contributed by atoms with Crippen LogP contribution in [0.5, 0.6) is 11.5 Å². The summed E-state index contributed by atoms with van der Waals surface area (Å²) in [6.45, 7) is 6.28. The first-order chi connectivity index (χ1) is 16.0. The molecule has 0 bridgehead atoms. The van der Waals surface area contributed by atoms with E-state index in [2.05, 4.69) is 29.5 Å². The minimum absolute atomic E-state index is 0.0518. The number of aliphatic hydroxyl groups excluding tert-OH is 1. The summed E-state index contributed by atoms with van der Waals surface area (Å²) in [6.07, 6.45) is 2.87. The van der Waals surface area contributed by atoms with Crippen molar-refractivity contribution in [3.05, 3.63) is 23.8 Å². The highest BCUT2D eigenvalue weighted by molar-refractivity contribution is 5.93. The van der Waals surface area contributed by atoms with E-state index < -0.39 is 6.09 Å². The Morgan fingerprint density at radius 3 is 2.26 bits per heavy atom. The van der Waals surface area contributed by atoms with E-state index in [9.17, 15) is 9.59 Å². The predicted octanol–water partition coefficient (Wildman–Crippen LogP) is 2.67. The summed E-state index contributed by atoms with van der Waals surface area (Å²) in [5.41, 5.74) is 6.57. The van der Waals surface area contributed by atoms with E-state index in [1.807, 2.05) is 6.92 Å². The first-order valence-electron chi connectivity index (χ1n) is 11.6. The van der Waals surface area contributed by atoms with Crippen LogP contribution in [0.25, 0.3) is 0 Å². The van der Waals surface area contributed by atoms with Crippen molar-refractivity contribution in [2.75, 3.05) is 14.2 Å². The largest absolute Gasteiger partial charge is 0.493 e. The van der Waals surface area contributed by atoms with Gasteiger partial charge < -0.3 is 36.1 Å². The van der Waals surface area contributed by atoms with Crippen LogP contribution in [0, 0.1) is 5.92 Å². The van der Waals surface area contributed by atoms with Crippen molar-refractivity contribution in [3.63, 3.8) is 0 Å². The summed E-state index contributed by atoms with van der Waals surface area (Å²) >= 11 is 0. The number of hydrogen-bond acceptors (Lipinski definition) is 5. The third-order valence-corrected chi connectivity index (χ3v) is 5.29. The van der Waals surface area contributed by atoms with Crippen molar-refractivity contribution < 1.29 is 29.3 Å². The maximum absolute atomic E-state index is 12.0.